The number of amides is 3. The molecule has 0 bridgehead atoms. The van der Waals surface area contributed by atoms with E-state index in [1.165, 1.54) is 0 Å². The van der Waals surface area contributed by atoms with Gasteiger partial charge in [0.2, 0.25) is 0 Å². The van der Waals surface area contributed by atoms with E-state index in [-0.39, 0.29) is 22.9 Å². The normalized spacial score (nSPS) is 12.9. The fourth-order valence-corrected chi connectivity index (χ4v) is 2.92. The molecule has 0 saturated heterocycles. The summed E-state index contributed by atoms with van der Waals surface area (Å²) in [5, 5.41) is 4.94. The summed E-state index contributed by atoms with van der Waals surface area (Å²) in [5.74, 6) is -1.41. The van der Waals surface area contributed by atoms with Gasteiger partial charge in [-0.2, -0.15) is 0 Å². The minimum absolute atomic E-state index is 0.0336. The average Bonchev–Trinajstić information content (AvgIpc) is 2.88. The highest BCUT2D eigenvalue weighted by Gasteiger charge is 2.32. The van der Waals surface area contributed by atoms with Crippen molar-refractivity contribution in [1.29, 1.82) is 0 Å². The van der Waals surface area contributed by atoms with Crippen molar-refractivity contribution in [2.75, 3.05) is 12.3 Å². The number of carbonyl (C=O) groups is 3. The molecule has 1 aliphatic heterocycles. The van der Waals surface area contributed by atoms with E-state index in [1.54, 1.807) is 25.1 Å². The minimum Gasteiger partial charge on any atom is -0.384 e. The summed E-state index contributed by atoms with van der Waals surface area (Å²) in [6.07, 6.45) is 0. The zero-order chi connectivity index (χ0) is 19.9. The molecule has 0 saturated carbocycles. The Morgan fingerprint density at radius 1 is 1.19 bits per heavy atom. The summed E-state index contributed by atoms with van der Waals surface area (Å²) in [6.45, 7) is 6.25. The molecular weight excluding hydrogens is 348 g/mol. The molecule has 2 aromatic rings. The molecule has 27 heavy (non-hydrogen) atoms. The first-order chi connectivity index (χ1) is 12.7. The fourth-order valence-electron chi connectivity index (χ4n) is 2.92. The van der Waals surface area contributed by atoms with E-state index in [9.17, 15) is 19.2 Å². The highest BCUT2D eigenvalue weighted by molar-refractivity contribution is 6.23. The molecule has 0 fully saturated rings. The van der Waals surface area contributed by atoms with Gasteiger partial charge in [0.05, 0.1) is 16.8 Å². The summed E-state index contributed by atoms with van der Waals surface area (Å²) in [6, 6.07) is 5.98. The maximum atomic E-state index is 12.6. The number of nitrogen functional groups attached to an aromatic ring is 1. The Bertz CT molecular complexity index is 1040. The van der Waals surface area contributed by atoms with Gasteiger partial charge in [0.1, 0.15) is 5.82 Å². The first-order valence-electron chi connectivity index (χ1n) is 8.51. The van der Waals surface area contributed by atoms with Crippen LogP contribution in [0.15, 0.2) is 29.1 Å². The van der Waals surface area contributed by atoms with Crippen LogP contribution in [0.3, 0.4) is 0 Å². The molecule has 0 atom stereocenters. The third-order valence-corrected chi connectivity index (χ3v) is 4.34. The summed E-state index contributed by atoms with van der Waals surface area (Å²) in [5.41, 5.74) is 6.87. The van der Waals surface area contributed by atoms with Gasteiger partial charge in [-0.3, -0.25) is 29.1 Å². The molecule has 4 N–H and O–H groups in total. The number of anilines is 1. The van der Waals surface area contributed by atoms with E-state index in [4.69, 9.17) is 5.73 Å². The van der Waals surface area contributed by atoms with Crippen LogP contribution in [0.4, 0.5) is 5.82 Å². The summed E-state index contributed by atoms with van der Waals surface area (Å²) in [4.78, 5) is 48.7. The van der Waals surface area contributed by atoms with Crippen molar-refractivity contribution in [3.63, 3.8) is 0 Å². The molecule has 2 heterocycles. The number of fused-ring (bicyclic) bond motifs is 1. The third kappa shape index (κ3) is 3.21. The molecule has 3 rings (SSSR count). The maximum Gasteiger partial charge on any atom is 0.262 e. The Morgan fingerprint density at radius 2 is 1.89 bits per heavy atom. The van der Waals surface area contributed by atoms with Crippen molar-refractivity contribution >= 4 is 23.5 Å². The number of benzene rings is 1. The molecule has 0 unspecified atom stereocenters. The number of nitrogens with one attached hydrogen (secondary N) is 2. The number of pyridine rings is 1. The van der Waals surface area contributed by atoms with Crippen LogP contribution in [-0.2, 0) is 0 Å². The van der Waals surface area contributed by atoms with Crippen molar-refractivity contribution < 1.29 is 14.4 Å². The van der Waals surface area contributed by atoms with E-state index in [0.717, 1.165) is 10.6 Å². The topological polar surface area (TPSA) is 123 Å². The van der Waals surface area contributed by atoms with Crippen molar-refractivity contribution in [1.82, 2.24) is 15.2 Å². The van der Waals surface area contributed by atoms with Crippen LogP contribution in [0.25, 0.3) is 5.69 Å². The molecule has 0 spiro atoms. The average molecular weight is 368 g/mol. The Labute approximate surface area is 155 Å². The van der Waals surface area contributed by atoms with E-state index in [2.05, 4.69) is 10.6 Å². The van der Waals surface area contributed by atoms with Crippen LogP contribution >= 0.6 is 0 Å². The predicted octanol–water partition coefficient (Wildman–Crippen LogP) is 0.998. The largest absolute Gasteiger partial charge is 0.384 e. The van der Waals surface area contributed by atoms with E-state index in [0.29, 0.717) is 29.3 Å². The summed E-state index contributed by atoms with van der Waals surface area (Å²) >= 11 is 0. The van der Waals surface area contributed by atoms with Gasteiger partial charge in [-0.05, 0) is 30.5 Å². The molecule has 8 nitrogen and oxygen atoms in total. The zero-order valence-corrected chi connectivity index (χ0v) is 15.3. The van der Waals surface area contributed by atoms with Crippen molar-refractivity contribution in [3.8, 4) is 5.69 Å². The second-order valence-corrected chi connectivity index (χ2v) is 6.88. The molecule has 0 radical (unpaired) electrons. The lowest BCUT2D eigenvalue weighted by Gasteiger charge is -2.15. The van der Waals surface area contributed by atoms with Gasteiger partial charge < -0.3 is 11.1 Å². The Hall–Kier alpha value is -3.42. The number of imide groups is 1. The standard InChI is InChI=1S/C19H20N4O4/c1-9(2)8-21-17(25)11-5-4-10(3)13(6-11)23-14(24)7-12-15(16(23)20)19(27)22-18(12)26/h4-7,9H,8,20H2,1-3H3,(H,21,25)(H,22,26,27). The molecule has 3 amide bonds. The van der Waals surface area contributed by atoms with Gasteiger partial charge in [-0.25, -0.2) is 0 Å². The second-order valence-electron chi connectivity index (χ2n) is 6.88. The van der Waals surface area contributed by atoms with Gasteiger partial charge in [-0.15, -0.1) is 0 Å². The molecule has 1 aromatic heterocycles. The monoisotopic (exact) mass is 368 g/mol. The molecular formula is C19H20N4O4. The van der Waals surface area contributed by atoms with Crippen molar-refractivity contribution in [2.24, 2.45) is 5.92 Å². The van der Waals surface area contributed by atoms with Crippen LogP contribution in [0, 0.1) is 12.8 Å². The summed E-state index contributed by atoms with van der Waals surface area (Å²) < 4.78 is 1.14. The lowest BCUT2D eigenvalue weighted by molar-refractivity contribution is 0.0878. The number of nitrogens with two attached hydrogens (primary N) is 1. The van der Waals surface area contributed by atoms with Gasteiger partial charge in [0, 0.05) is 18.2 Å². The van der Waals surface area contributed by atoms with Crippen LogP contribution in [0.5, 0.6) is 0 Å². The number of carbonyl (C=O) groups excluding carboxylic acids is 3. The third-order valence-electron chi connectivity index (χ3n) is 4.34. The molecule has 1 aliphatic rings. The molecule has 140 valence electrons. The van der Waals surface area contributed by atoms with E-state index in [1.807, 2.05) is 13.8 Å². The van der Waals surface area contributed by atoms with Crippen LogP contribution in [0.2, 0.25) is 0 Å². The second kappa shape index (κ2) is 6.71. The van der Waals surface area contributed by atoms with Gasteiger partial charge >= 0.3 is 0 Å². The highest BCUT2D eigenvalue weighted by atomic mass is 16.2. The van der Waals surface area contributed by atoms with Gasteiger partial charge in [-0.1, -0.05) is 19.9 Å². The maximum absolute atomic E-state index is 12.6. The number of hydrogen-bond donors (Lipinski definition) is 3. The van der Waals surface area contributed by atoms with Gasteiger partial charge in [0.15, 0.2) is 0 Å². The summed E-state index contributed by atoms with van der Waals surface area (Å²) in [7, 11) is 0. The molecule has 8 heteroatoms. The fraction of sp³-hybridized carbons (Fsp3) is 0.263. The van der Waals surface area contributed by atoms with Gasteiger partial charge in [0.25, 0.3) is 23.3 Å². The number of aromatic nitrogens is 1. The highest BCUT2D eigenvalue weighted by Crippen LogP contribution is 2.24. The Morgan fingerprint density at radius 3 is 2.56 bits per heavy atom. The first-order valence-corrected chi connectivity index (χ1v) is 8.51. The lowest BCUT2D eigenvalue weighted by Crippen LogP contribution is -2.28. The quantitative estimate of drug-likeness (QED) is 0.695. The predicted molar refractivity (Wildman–Crippen MR) is 100 cm³/mol. The number of aryl methyl sites for hydroxylation is 1. The SMILES string of the molecule is Cc1ccc(C(=O)NCC(C)C)cc1-n1c(N)c2c(cc1=O)C(=O)NC2=O. The smallest absolute Gasteiger partial charge is 0.262 e. The minimum atomic E-state index is -0.649. The zero-order valence-electron chi connectivity index (χ0n) is 15.3. The number of rotatable bonds is 4. The van der Waals surface area contributed by atoms with Crippen LogP contribution in [0.1, 0.15) is 50.5 Å². The number of nitrogens with zero attached hydrogens (tertiary/aromatic N) is 1. The Balaban J connectivity index is 2.13. The van der Waals surface area contributed by atoms with E-state index < -0.39 is 17.4 Å². The molecule has 0 aliphatic carbocycles. The van der Waals surface area contributed by atoms with Crippen LogP contribution < -0.4 is 21.9 Å². The lowest BCUT2D eigenvalue weighted by atomic mass is 10.1. The van der Waals surface area contributed by atoms with Crippen molar-refractivity contribution in [3.05, 3.63) is 56.9 Å². The van der Waals surface area contributed by atoms with Crippen LogP contribution in [-0.4, -0.2) is 28.8 Å². The Kier molecular flexibility index (Phi) is 4.57. The number of hydrogen-bond acceptors (Lipinski definition) is 5. The molecule has 1 aromatic carbocycles. The van der Waals surface area contributed by atoms with E-state index >= 15 is 0 Å². The first kappa shape index (κ1) is 18.4. The van der Waals surface area contributed by atoms with Crippen molar-refractivity contribution in [2.45, 2.75) is 20.8 Å².